The average molecular weight is 424 g/mol. The smallest absolute Gasteiger partial charge is 0.241 e. The third kappa shape index (κ3) is 7.74. The summed E-state index contributed by atoms with van der Waals surface area (Å²) in [5, 5.41) is 16.0. The molecule has 1 atom stereocenters. The van der Waals surface area contributed by atoms with Crippen molar-refractivity contribution in [2.45, 2.75) is 38.3 Å². The molecule has 2 aromatic rings. The number of aliphatic hydroxyl groups excluding tert-OH is 1. The lowest BCUT2D eigenvalue weighted by Crippen LogP contribution is -2.32. The molecule has 1 aliphatic carbocycles. The van der Waals surface area contributed by atoms with Gasteiger partial charge in [0, 0.05) is 13.0 Å². The summed E-state index contributed by atoms with van der Waals surface area (Å²) in [7, 11) is 0. The Labute approximate surface area is 177 Å². The summed E-state index contributed by atoms with van der Waals surface area (Å²) in [5.41, 5.74) is 7.54. The molecule has 29 heavy (non-hydrogen) atoms. The van der Waals surface area contributed by atoms with E-state index in [0.29, 0.717) is 31.3 Å². The van der Waals surface area contributed by atoms with Gasteiger partial charge in [0.25, 0.3) is 0 Å². The molecular formula is C20H30ClN5O3. The van der Waals surface area contributed by atoms with Crippen LogP contribution in [0, 0.1) is 5.92 Å². The summed E-state index contributed by atoms with van der Waals surface area (Å²) in [5.74, 6) is 1.90. The Hall–Kier alpha value is -2.00. The highest BCUT2D eigenvalue weighted by molar-refractivity contribution is 5.85. The third-order valence-corrected chi connectivity index (χ3v) is 4.64. The molecule has 1 aromatic heterocycles. The highest BCUT2D eigenvalue weighted by Gasteiger charge is 2.26. The minimum atomic E-state index is -0.330. The second-order valence-corrected chi connectivity index (χ2v) is 7.17. The minimum absolute atomic E-state index is 0. The van der Waals surface area contributed by atoms with Gasteiger partial charge in [0.1, 0.15) is 12.4 Å². The topological polar surface area (TPSA) is 115 Å². The van der Waals surface area contributed by atoms with Gasteiger partial charge in [-0.15, -0.1) is 12.4 Å². The number of halogens is 1. The minimum Gasteiger partial charge on any atom is -0.394 e. The van der Waals surface area contributed by atoms with Crippen molar-refractivity contribution in [3.8, 4) is 0 Å². The number of nitrogens with zero attached hydrogens (tertiary/aromatic N) is 3. The van der Waals surface area contributed by atoms with Crippen LogP contribution < -0.4 is 11.1 Å². The largest absolute Gasteiger partial charge is 0.394 e. The second kappa shape index (κ2) is 11.9. The van der Waals surface area contributed by atoms with Crippen LogP contribution in [0.2, 0.25) is 0 Å². The van der Waals surface area contributed by atoms with E-state index >= 15 is 0 Å². The van der Waals surface area contributed by atoms with Crippen LogP contribution in [0.1, 0.15) is 36.1 Å². The Morgan fingerprint density at radius 3 is 2.76 bits per heavy atom. The zero-order valence-corrected chi connectivity index (χ0v) is 17.3. The van der Waals surface area contributed by atoms with E-state index in [0.717, 1.165) is 17.8 Å². The Morgan fingerprint density at radius 2 is 2.07 bits per heavy atom. The molecule has 1 heterocycles. The fourth-order valence-corrected chi connectivity index (χ4v) is 3.04. The van der Waals surface area contributed by atoms with E-state index in [9.17, 15) is 4.79 Å². The Balaban J connectivity index is 0.00000300. The first-order valence-corrected chi connectivity index (χ1v) is 9.84. The number of aromatic nitrogens is 3. The lowest BCUT2D eigenvalue weighted by molar-refractivity contribution is -0.122. The van der Waals surface area contributed by atoms with Gasteiger partial charge >= 0.3 is 0 Å². The molecule has 0 spiro atoms. The molecule has 1 amide bonds. The normalized spacial score (nSPS) is 14.3. The summed E-state index contributed by atoms with van der Waals surface area (Å²) in [6.07, 6.45) is 3.91. The van der Waals surface area contributed by atoms with Gasteiger partial charge in [-0.3, -0.25) is 4.79 Å². The first-order chi connectivity index (χ1) is 13.7. The van der Waals surface area contributed by atoms with Crippen LogP contribution in [-0.4, -0.2) is 52.1 Å². The predicted octanol–water partition coefficient (Wildman–Crippen LogP) is 1.02. The molecular weight excluding hydrogens is 394 g/mol. The fourth-order valence-electron chi connectivity index (χ4n) is 3.04. The van der Waals surface area contributed by atoms with Gasteiger partial charge < -0.3 is 20.9 Å². The van der Waals surface area contributed by atoms with Crippen molar-refractivity contribution in [1.29, 1.82) is 0 Å². The average Bonchev–Trinajstić information content (AvgIpc) is 3.41. The number of nitrogens with one attached hydrogen (secondary N) is 1. The van der Waals surface area contributed by atoms with Crippen molar-refractivity contribution in [3.05, 3.63) is 47.5 Å². The maximum atomic E-state index is 12.3. The van der Waals surface area contributed by atoms with Gasteiger partial charge in [0.15, 0.2) is 5.82 Å². The highest BCUT2D eigenvalue weighted by atomic mass is 35.5. The Bertz CT molecular complexity index is 752. The number of carbonyl (C=O) groups excluding carboxylic acids is 1. The number of hydrogen-bond acceptors (Lipinski definition) is 6. The van der Waals surface area contributed by atoms with Crippen LogP contribution in [-0.2, 0) is 28.9 Å². The Kier molecular flexibility index (Phi) is 9.53. The van der Waals surface area contributed by atoms with Gasteiger partial charge in [-0.25, -0.2) is 9.67 Å². The molecule has 0 aliphatic heterocycles. The van der Waals surface area contributed by atoms with Gasteiger partial charge in [-0.1, -0.05) is 30.3 Å². The number of carbonyl (C=O) groups is 1. The van der Waals surface area contributed by atoms with Gasteiger partial charge in [0.05, 0.1) is 25.9 Å². The number of nitrogens with two attached hydrogens (primary N) is 1. The van der Waals surface area contributed by atoms with Crippen LogP contribution in [0.15, 0.2) is 30.3 Å². The van der Waals surface area contributed by atoms with Crippen LogP contribution in [0.25, 0.3) is 0 Å². The number of benzene rings is 1. The van der Waals surface area contributed by atoms with Gasteiger partial charge in [-0.2, -0.15) is 5.10 Å². The number of hydrogen-bond donors (Lipinski definition) is 3. The van der Waals surface area contributed by atoms with Crippen LogP contribution in [0.4, 0.5) is 0 Å². The molecule has 0 unspecified atom stereocenters. The molecule has 0 radical (unpaired) electrons. The van der Waals surface area contributed by atoms with Crippen LogP contribution in [0.5, 0.6) is 0 Å². The number of amides is 1. The monoisotopic (exact) mass is 423 g/mol. The van der Waals surface area contributed by atoms with Crippen molar-refractivity contribution in [1.82, 2.24) is 20.1 Å². The van der Waals surface area contributed by atoms with Crippen molar-refractivity contribution < 1.29 is 14.6 Å². The van der Waals surface area contributed by atoms with E-state index in [1.54, 1.807) is 4.68 Å². The van der Waals surface area contributed by atoms with E-state index in [-0.39, 0.29) is 44.1 Å². The van der Waals surface area contributed by atoms with E-state index in [1.165, 1.54) is 12.8 Å². The summed E-state index contributed by atoms with van der Waals surface area (Å²) in [4.78, 5) is 16.9. The molecule has 1 aromatic carbocycles. The summed E-state index contributed by atoms with van der Waals surface area (Å²) in [6.45, 7) is 1.06. The summed E-state index contributed by atoms with van der Waals surface area (Å²) >= 11 is 0. The summed E-state index contributed by atoms with van der Waals surface area (Å²) in [6, 6.07) is 9.67. The number of rotatable bonds is 12. The third-order valence-electron chi connectivity index (χ3n) is 4.64. The van der Waals surface area contributed by atoms with Gasteiger partial charge in [0.2, 0.25) is 5.91 Å². The highest BCUT2D eigenvalue weighted by Crippen LogP contribution is 2.32. The van der Waals surface area contributed by atoms with Crippen molar-refractivity contribution in [2.75, 3.05) is 26.4 Å². The first-order valence-electron chi connectivity index (χ1n) is 9.84. The lowest BCUT2D eigenvalue weighted by atomic mass is 10.1. The first kappa shape index (κ1) is 23.3. The molecule has 1 aliphatic rings. The molecule has 160 valence electrons. The van der Waals surface area contributed by atoms with Crippen molar-refractivity contribution >= 4 is 18.3 Å². The fraction of sp³-hybridized carbons (Fsp3) is 0.550. The zero-order valence-electron chi connectivity index (χ0n) is 16.5. The number of aliphatic hydroxyl groups is 1. The molecule has 9 heteroatoms. The van der Waals surface area contributed by atoms with Crippen molar-refractivity contribution in [2.24, 2.45) is 11.7 Å². The molecule has 0 saturated heterocycles. The molecule has 8 nitrogen and oxygen atoms in total. The zero-order chi connectivity index (χ0) is 19.8. The molecule has 1 fully saturated rings. The second-order valence-electron chi connectivity index (χ2n) is 7.17. The van der Waals surface area contributed by atoms with Crippen LogP contribution >= 0.6 is 12.4 Å². The van der Waals surface area contributed by atoms with E-state index in [4.69, 9.17) is 15.6 Å². The SMILES string of the molecule is Cl.N[C@H](Cc1ccccc1)c1nc(CC2CC2)nn1CC(=O)NCCOCCO. The lowest BCUT2D eigenvalue weighted by Gasteiger charge is -2.13. The molecule has 1 saturated carbocycles. The van der Waals surface area contributed by atoms with E-state index < -0.39 is 0 Å². The molecule has 4 N–H and O–H groups in total. The summed E-state index contributed by atoms with van der Waals surface area (Å²) < 4.78 is 6.78. The quantitative estimate of drug-likeness (QED) is 0.439. The maximum absolute atomic E-state index is 12.3. The van der Waals surface area contributed by atoms with Gasteiger partial charge in [-0.05, 0) is 30.7 Å². The number of ether oxygens (including phenoxy) is 1. The van der Waals surface area contributed by atoms with E-state index in [2.05, 4.69) is 15.4 Å². The van der Waals surface area contributed by atoms with Crippen molar-refractivity contribution in [3.63, 3.8) is 0 Å². The van der Waals surface area contributed by atoms with Crippen LogP contribution in [0.3, 0.4) is 0 Å². The maximum Gasteiger partial charge on any atom is 0.241 e. The Morgan fingerprint density at radius 1 is 1.31 bits per heavy atom. The molecule has 0 bridgehead atoms. The standard InChI is InChI=1S/C20H29N5O3.ClH/c21-17(12-15-4-2-1-3-5-15)20-23-18(13-16-6-7-16)24-25(20)14-19(27)22-8-10-28-11-9-26;/h1-5,16-17,26H,6-14,21H2,(H,22,27);1H/t17-;/m1./s1. The molecule has 3 rings (SSSR count). The van der Waals surface area contributed by atoms with E-state index in [1.807, 2.05) is 30.3 Å². The predicted molar refractivity (Wildman–Crippen MR) is 112 cm³/mol.